The summed E-state index contributed by atoms with van der Waals surface area (Å²) in [6, 6.07) is 8.37. The second-order valence-corrected chi connectivity index (χ2v) is 4.47. The molecule has 98 valence electrons. The standard InChI is InChI=1S/C13H11BrN2O3/c1-2-19-13(18)12(17)9-3-5-10(6-4-9)16-11(14)7-8-15-16/h3-8H,2H2,1H3. The van der Waals surface area contributed by atoms with Crippen LogP contribution in [0.25, 0.3) is 5.69 Å². The van der Waals surface area contributed by atoms with Crippen LogP contribution >= 0.6 is 15.9 Å². The van der Waals surface area contributed by atoms with Gasteiger partial charge in [-0.2, -0.15) is 5.10 Å². The van der Waals surface area contributed by atoms with Crippen LogP contribution in [0, 0.1) is 0 Å². The highest BCUT2D eigenvalue weighted by Crippen LogP contribution is 2.16. The van der Waals surface area contributed by atoms with Crippen LogP contribution in [0.4, 0.5) is 0 Å². The minimum Gasteiger partial charge on any atom is -0.460 e. The predicted octanol–water partition coefficient (Wildman–Crippen LogP) is 2.38. The van der Waals surface area contributed by atoms with E-state index in [9.17, 15) is 9.59 Å². The molecule has 2 rings (SSSR count). The van der Waals surface area contributed by atoms with Crippen LogP contribution in [0.1, 0.15) is 17.3 Å². The number of esters is 1. The molecule has 0 aliphatic carbocycles. The van der Waals surface area contributed by atoms with Crippen molar-refractivity contribution in [1.29, 1.82) is 0 Å². The van der Waals surface area contributed by atoms with Gasteiger partial charge in [-0.15, -0.1) is 0 Å². The molecule has 0 bridgehead atoms. The second-order valence-electron chi connectivity index (χ2n) is 3.66. The molecule has 0 unspecified atom stereocenters. The van der Waals surface area contributed by atoms with Gasteiger partial charge in [0.25, 0.3) is 5.78 Å². The summed E-state index contributed by atoms with van der Waals surface area (Å²) in [5.74, 6) is -1.48. The Morgan fingerprint density at radius 2 is 1.95 bits per heavy atom. The smallest absolute Gasteiger partial charge is 0.379 e. The SMILES string of the molecule is CCOC(=O)C(=O)c1ccc(-n2nccc2Br)cc1. The van der Waals surface area contributed by atoms with Crippen LogP contribution in [0.5, 0.6) is 0 Å². The molecular formula is C13H11BrN2O3. The molecule has 0 spiro atoms. The number of nitrogens with zero attached hydrogens (tertiary/aromatic N) is 2. The molecule has 1 aromatic carbocycles. The number of ketones is 1. The number of carbonyl (C=O) groups is 2. The fraction of sp³-hybridized carbons (Fsp3) is 0.154. The lowest BCUT2D eigenvalue weighted by atomic mass is 10.1. The molecule has 0 aliphatic rings. The molecule has 0 atom stereocenters. The van der Waals surface area contributed by atoms with Gasteiger partial charge in [0.05, 0.1) is 18.5 Å². The monoisotopic (exact) mass is 322 g/mol. The van der Waals surface area contributed by atoms with E-state index in [1.807, 2.05) is 0 Å². The molecular weight excluding hydrogens is 312 g/mol. The first-order valence-electron chi connectivity index (χ1n) is 5.65. The number of rotatable bonds is 4. The third-order valence-corrected chi connectivity index (χ3v) is 3.03. The number of Topliss-reactive ketones (excluding diaryl/α,β-unsaturated/α-hetero) is 1. The maximum absolute atomic E-state index is 11.7. The van der Waals surface area contributed by atoms with Crippen LogP contribution < -0.4 is 0 Å². The highest BCUT2D eigenvalue weighted by Gasteiger charge is 2.17. The van der Waals surface area contributed by atoms with Crippen LogP contribution in [0.2, 0.25) is 0 Å². The van der Waals surface area contributed by atoms with Crippen molar-refractivity contribution in [3.8, 4) is 5.69 Å². The van der Waals surface area contributed by atoms with Gasteiger partial charge in [0.1, 0.15) is 4.60 Å². The van der Waals surface area contributed by atoms with Gasteiger partial charge in [-0.3, -0.25) is 4.79 Å². The third-order valence-electron chi connectivity index (χ3n) is 2.43. The Labute approximate surface area is 118 Å². The molecule has 0 saturated heterocycles. The first-order chi connectivity index (χ1) is 9.13. The average molecular weight is 323 g/mol. The zero-order valence-electron chi connectivity index (χ0n) is 10.2. The summed E-state index contributed by atoms with van der Waals surface area (Å²) >= 11 is 3.35. The minimum absolute atomic E-state index is 0.183. The molecule has 1 heterocycles. The molecule has 19 heavy (non-hydrogen) atoms. The van der Waals surface area contributed by atoms with Crippen molar-refractivity contribution in [2.24, 2.45) is 0 Å². The van der Waals surface area contributed by atoms with Crippen molar-refractivity contribution < 1.29 is 14.3 Å². The number of benzene rings is 1. The minimum atomic E-state index is -0.837. The molecule has 5 nitrogen and oxygen atoms in total. The van der Waals surface area contributed by atoms with Crippen molar-refractivity contribution in [3.05, 3.63) is 46.7 Å². The van der Waals surface area contributed by atoms with Gasteiger partial charge >= 0.3 is 5.97 Å². The Balaban J connectivity index is 2.22. The summed E-state index contributed by atoms with van der Waals surface area (Å²) in [5, 5.41) is 4.12. The first-order valence-corrected chi connectivity index (χ1v) is 6.44. The summed E-state index contributed by atoms with van der Waals surface area (Å²) in [7, 11) is 0. The number of carbonyl (C=O) groups excluding carboxylic acids is 2. The first kappa shape index (κ1) is 13.5. The normalized spacial score (nSPS) is 10.2. The zero-order chi connectivity index (χ0) is 13.8. The van der Waals surface area contributed by atoms with Crippen molar-refractivity contribution >= 4 is 27.7 Å². The van der Waals surface area contributed by atoms with Crippen molar-refractivity contribution in [3.63, 3.8) is 0 Å². The van der Waals surface area contributed by atoms with E-state index in [0.717, 1.165) is 10.3 Å². The molecule has 6 heteroatoms. The maximum atomic E-state index is 11.7. The van der Waals surface area contributed by atoms with Crippen LogP contribution in [0.3, 0.4) is 0 Å². The summed E-state index contributed by atoms with van der Waals surface area (Å²) < 4.78 is 7.13. The molecule has 0 amide bonds. The fourth-order valence-corrected chi connectivity index (χ4v) is 1.96. The molecule has 0 fully saturated rings. The number of halogens is 1. The Morgan fingerprint density at radius 3 is 2.47 bits per heavy atom. The van der Waals surface area contributed by atoms with Gasteiger partial charge in [0.15, 0.2) is 0 Å². The molecule has 0 aliphatic heterocycles. The van der Waals surface area contributed by atoms with Crippen molar-refractivity contribution in [2.75, 3.05) is 6.61 Å². The molecule has 0 N–H and O–H groups in total. The fourth-order valence-electron chi connectivity index (χ4n) is 1.55. The quantitative estimate of drug-likeness (QED) is 0.492. The topological polar surface area (TPSA) is 61.2 Å². The van der Waals surface area contributed by atoms with E-state index >= 15 is 0 Å². The van der Waals surface area contributed by atoms with Gasteiger partial charge < -0.3 is 4.74 Å². The molecule has 0 saturated carbocycles. The van der Waals surface area contributed by atoms with E-state index in [4.69, 9.17) is 0 Å². The summed E-state index contributed by atoms with van der Waals surface area (Å²) in [6.45, 7) is 1.84. The summed E-state index contributed by atoms with van der Waals surface area (Å²) in [6.07, 6.45) is 1.65. The van der Waals surface area contributed by atoms with Gasteiger partial charge in [0.2, 0.25) is 0 Å². The van der Waals surface area contributed by atoms with Gasteiger partial charge in [0, 0.05) is 5.56 Å². The second kappa shape index (κ2) is 5.79. The van der Waals surface area contributed by atoms with Crippen molar-refractivity contribution in [2.45, 2.75) is 6.92 Å². The van der Waals surface area contributed by atoms with Crippen LogP contribution in [-0.4, -0.2) is 28.1 Å². The van der Waals surface area contributed by atoms with Crippen LogP contribution in [-0.2, 0) is 9.53 Å². The van der Waals surface area contributed by atoms with Gasteiger partial charge in [-0.1, -0.05) is 0 Å². The molecule has 2 aromatic rings. The highest BCUT2D eigenvalue weighted by molar-refractivity contribution is 9.10. The van der Waals surface area contributed by atoms with E-state index in [2.05, 4.69) is 25.8 Å². The Kier molecular flexibility index (Phi) is 4.11. The lowest BCUT2D eigenvalue weighted by molar-refractivity contribution is -0.137. The number of hydrogen-bond acceptors (Lipinski definition) is 4. The van der Waals surface area contributed by atoms with Gasteiger partial charge in [-0.05, 0) is 53.2 Å². The predicted molar refractivity (Wildman–Crippen MR) is 72.2 cm³/mol. The number of hydrogen-bond donors (Lipinski definition) is 0. The Bertz CT molecular complexity index is 605. The highest BCUT2D eigenvalue weighted by atomic mass is 79.9. The van der Waals surface area contributed by atoms with E-state index in [-0.39, 0.29) is 6.61 Å². The Hall–Kier alpha value is -1.95. The van der Waals surface area contributed by atoms with E-state index in [1.54, 1.807) is 48.1 Å². The van der Waals surface area contributed by atoms with E-state index in [1.165, 1.54) is 0 Å². The van der Waals surface area contributed by atoms with E-state index < -0.39 is 11.8 Å². The Morgan fingerprint density at radius 1 is 1.26 bits per heavy atom. The lowest BCUT2D eigenvalue weighted by Crippen LogP contribution is -2.17. The van der Waals surface area contributed by atoms with Crippen LogP contribution in [0.15, 0.2) is 41.1 Å². The molecule has 1 aromatic heterocycles. The van der Waals surface area contributed by atoms with E-state index in [0.29, 0.717) is 5.56 Å². The average Bonchev–Trinajstić information content (AvgIpc) is 2.84. The summed E-state index contributed by atoms with van der Waals surface area (Å²) in [4.78, 5) is 23.0. The number of aromatic nitrogens is 2. The largest absolute Gasteiger partial charge is 0.460 e. The summed E-state index contributed by atoms with van der Waals surface area (Å²) in [5.41, 5.74) is 1.09. The van der Waals surface area contributed by atoms with Gasteiger partial charge in [-0.25, -0.2) is 9.48 Å². The third kappa shape index (κ3) is 2.90. The number of ether oxygens (including phenoxy) is 1. The van der Waals surface area contributed by atoms with Crippen molar-refractivity contribution in [1.82, 2.24) is 9.78 Å². The maximum Gasteiger partial charge on any atom is 0.379 e. The molecule has 0 radical (unpaired) electrons. The lowest BCUT2D eigenvalue weighted by Gasteiger charge is -2.05. The zero-order valence-corrected chi connectivity index (χ0v) is 11.8.